The van der Waals surface area contributed by atoms with Crippen molar-refractivity contribution in [1.29, 1.82) is 0 Å². The molecule has 0 aromatic heterocycles. The molecule has 22 heteroatoms. The fourth-order valence-corrected chi connectivity index (χ4v) is 16.0. The Balaban J connectivity index is 0.908. The van der Waals surface area contributed by atoms with Crippen molar-refractivity contribution in [3.63, 3.8) is 0 Å². The van der Waals surface area contributed by atoms with Crippen LogP contribution >= 0.6 is 0 Å². The lowest BCUT2D eigenvalue weighted by Crippen LogP contribution is -2.68. The third-order valence-electron chi connectivity index (χ3n) is 20.6. The summed E-state index contributed by atoms with van der Waals surface area (Å²) in [6, 6.07) is 0. The number of aliphatic hydroxyl groups is 13. The Labute approximate surface area is 431 Å². The van der Waals surface area contributed by atoms with Gasteiger partial charge >= 0.3 is 5.97 Å². The van der Waals surface area contributed by atoms with Crippen LogP contribution in [0.1, 0.15) is 106 Å². The largest absolute Gasteiger partial charge is 0.432 e. The van der Waals surface area contributed by atoms with Gasteiger partial charge in [-0.2, -0.15) is 0 Å². The van der Waals surface area contributed by atoms with E-state index >= 15 is 4.79 Å². The van der Waals surface area contributed by atoms with Crippen LogP contribution in [0.25, 0.3) is 0 Å². The summed E-state index contributed by atoms with van der Waals surface area (Å²) in [4.78, 5) is 15.1. The Morgan fingerprint density at radius 2 is 1.22 bits per heavy atom. The molecule has 4 aliphatic heterocycles. The van der Waals surface area contributed by atoms with Crippen LogP contribution in [-0.2, 0) is 42.7 Å². The molecule has 0 aromatic carbocycles. The highest BCUT2D eigenvalue weighted by Crippen LogP contribution is 2.76. The van der Waals surface area contributed by atoms with E-state index in [9.17, 15) is 66.4 Å². The van der Waals surface area contributed by atoms with Crippen LogP contribution in [0.5, 0.6) is 0 Å². The molecule has 9 aliphatic rings. The van der Waals surface area contributed by atoms with Crippen molar-refractivity contribution in [2.45, 2.75) is 229 Å². The van der Waals surface area contributed by atoms with Gasteiger partial charge in [-0.3, -0.25) is 4.79 Å². The van der Waals surface area contributed by atoms with Crippen LogP contribution in [0.15, 0.2) is 11.6 Å². The van der Waals surface area contributed by atoms with Gasteiger partial charge in [0.1, 0.15) is 90.9 Å². The van der Waals surface area contributed by atoms with Gasteiger partial charge in [0.15, 0.2) is 18.9 Å². The van der Waals surface area contributed by atoms with Crippen molar-refractivity contribution >= 4 is 5.97 Å². The molecule has 27 unspecified atom stereocenters. The molecule has 5 aliphatic carbocycles. The molecule has 13 N–H and O–H groups in total. The first-order valence-electron chi connectivity index (χ1n) is 26.7. The summed E-state index contributed by atoms with van der Waals surface area (Å²) in [5, 5.41) is 140. The van der Waals surface area contributed by atoms with Crippen molar-refractivity contribution in [1.82, 2.24) is 0 Å². The molecule has 4 saturated carbocycles. The number of carbonyl (C=O) groups excluding carboxylic acids is 1. The zero-order valence-corrected chi connectivity index (χ0v) is 43.5. The van der Waals surface area contributed by atoms with Gasteiger partial charge in [0.05, 0.1) is 38.6 Å². The van der Waals surface area contributed by atoms with E-state index in [2.05, 4.69) is 54.5 Å². The Hall–Kier alpha value is -1.59. The van der Waals surface area contributed by atoms with Gasteiger partial charge in [0, 0.05) is 0 Å². The van der Waals surface area contributed by atoms with Gasteiger partial charge < -0.3 is 104 Å². The highest BCUT2D eigenvalue weighted by Gasteiger charge is 2.72. The smallest absolute Gasteiger partial charge is 0.317 e. The van der Waals surface area contributed by atoms with E-state index in [4.69, 9.17) is 37.9 Å². The summed E-state index contributed by atoms with van der Waals surface area (Å²) in [6.07, 6.45) is -22.5. The zero-order valence-electron chi connectivity index (χ0n) is 43.5. The lowest BCUT2D eigenvalue weighted by atomic mass is 9.33. The molecule has 424 valence electrons. The number of fused-ring (bicyclic) bond motifs is 7. The SMILES string of the molecule is CC1(C)CCC2(C(=O)OC3OC(COC4OC(CO)C(OC5OCC(O)C(O)C5O)C(O)C4O)C(O)C(O)C3O)C(O)CC3(C)C(=CCC4C5(C)CCC(OC6OCC(O)C(O)C6O)C(C)(C)C5CCC43C)C2C1. The normalized spacial score (nSPS) is 54.1. The summed E-state index contributed by atoms with van der Waals surface area (Å²) in [6.45, 7) is 13.6. The zero-order chi connectivity index (χ0) is 54.0. The average Bonchev–Trinajstić information content (AvgIpc) is 3.34. The molecule has 22 nitrogen and oxygen atoms in total. The summed E-state index contributed by atoms with van der Waals surface area (Å²) < 4.78 is 46.5. The number of hydrogen-bond acceptors (Lipinski definition) is 22. The minimum Gasteiger partial charge on any atom is -0.432 e. The fourth-order valence-electron chi connectivity index (χ4n) is 16.0. The first-order chi connectivity index (χ1) is 34.6. The Kier molecular flexibility index (Phi) is 15.8. The summed E-state index contributed by atoms with van der Waals surface area (Å²) in [7, 11) is 0. The van der Waals surface area contributed by atoms with E-state index < -0.39 is 159 Å². The summed E-state index contributed by atoms with van der Waals surface area (Å²) in [5.41, 5.74) is -2.02. The third-order valence-corrected chi connectivity index (χ3v) is 20.6. The highest BCUT2D eigenvalue weighted by atomic mass is 16.8. The quantitative estimate of drug-likeness (QED) is 0.0653. The molecule has 0 aromatic rings. The first kappa shape index (κ1) is 57.1. The van der Waals surface area contributed by atoms with Crippen LogP contribution < -0.4 is 0 Å². The molecule has 9 rings (SSSR count). The molecular weight excluding hydrogens is 977 g/mol. The minimum atomic E-state index is -1.94. The Morgan fingerprint density at radius 3 is 1.85 bits per heavy atom. The van der Waals surface area contributed by atoms with E-state index in [1.807, 2.05) is 0 Å². The van der Waals surface area contributed by atoms with Crippen LogP contribution in [0.4, 0.5) is 0 Å². The number of ether oxygens (including phenoxy) is 8. The van der Waals surface area contributed by atoms with Gasteiger partial charge in [0.25, 0.3) is 0 Å². The average molecular weight is 1060 g/mol. The van der Waals surface area contributed by atoms with Gasteiger partial charge in [-0.05, 0) is 103 Å². The third kappa shape index (κ3) is 9.16. The lowest BCUT2D eigenvalue weighted by molar-refractivity contribution is -0.355. The molecule has 4 saturated heterocycles. The molecule has 27 atom stereocenters. The van der Waals surface area contributed by atoms with Gasteiger partial charge in [-0.25, -0.2) is 0 Å². The lowest BCUT2D eigenvalue weighted by Gasteiger charge is -2.71. The number of esters is 1. The highest BCUT2D eigenvalue weighted by molar-refractivity contribution is 5.80. The van der Waals surface area contributed by atoms with E-state index in [1.165, 1.54) is 0 Å². The molecule has 8 fully saturated rings. The maximum absolute atomic E-state index is 15.1. The van der Waals surface area contributed by atoms with Gasteiger partial charge in [0.2, 0.25) is 6.29 Å². The second kappa shape index (κ2) is 20.5. The van der Waals surface area contributed by atoms with E-state index in [0.29, 0.717) is 19.3 Å². The number of aliphatic hydroxyl groups excluding tert-OH is 13. The molecular formula is C52H84O22. The predicted octanol–water partition coefficient (Wildman–Crippen LogP) is -1.79. The van der Waals surface area contributed by atoms with Crippen molar-refractivity contribution in [2.75, 3.05) is 26.4 Å². The number of rotatable bonds is 10. The van der Waals surface area contributed by atoms with Crippen molar-refractivity contribution in [3.05, 3.63) is 11.6 Å². The number of hydrogen-bond donors (Lipinski definition) is 13. The monoisotopic (exact) mass is 1060 g/mol. The second-order valence-corrected chi connectivity index (χ2v) is 25.5. The van der Waals surface area contributed by atoms with Crippen LogP contribution in [-0.4, -0.2) is 222 Å². The number of allylic oxidation sites excluding steroid dienone is 2. The van der Waals surface area contributed by atoms with Crippen molar-refractivity contribution in [3.8, 4) is 0 Å². The van der Waals surface area contributed by atoms with E-state index in [0.717, 1.165) is 31.3 Å². The molecule has 0 bridgehead atoms. The Morgan fingerprint density at radius 1 is 0.622 bits per heavy atom. The molecule has 74 heavy (non-hydrogen) atoms. The van der Waals surface area contributed by atoms with Crippen molar-refractivity contribution in [2.24, 2.45) is 50.2 Å². The summed E-state index contributed by atoms with van der Waals surface area (Å²) >= 11 is 0. The van der Waals surface area contributed by atoms with Crippen molar-refractivity contribution < 1.29 is 109 Å². The number of carbonyl (C=O) groups is 1. The fraction of sp³-hybridized carbons (Fsp3) is 0.942. The second-order valence-electron chi connectivity index (χ2n) is 25.5. The van der Waals surface area contributed by atoms with Crippen LogP contribution in [0, 0.1) is 50.2 Å². The maximum Gasteiger partial charge on any atom is 0.317 e. The first-order valence-corrected chi connectivity index (χ1v) is 26.7. The minimum absolute atomic E-state index is 0.147. The summed E-state index contributed by atoms with van der Waals surface area (Å²) in [5.74, 6) is -0.917. The Bertz CT molecular complexity index is 2040. The molecule has 0 amide bonds. The van der Waals surface area contributed by atoms with Gasteiger partial charge in [-0.15, -0.1) is 0 Å². The maximum atomic E-state index is 15.1. The molecule has 0 radical (unpaired) electrons. The molecule has 4 heterocycles. The topological polar surface area (TPSA) is 354 Å². The predicted molar refractivity (Wildman–Crippen MR) is 252 cm³/mol. The van der Waals surface area contributed by atoms with Crippen LogP contribution in [0.2, 0.25) is 0 Å². The van der Waals surface area contributed by atoms with E-state index in [1.54, 1.807) is 0 Å². The van der Waals surface area contributed by atoms with Gasteiger partial charge in [-0.1, -0.05) is 60.1 Å². The van der Waals surface area contributed by atoms with Crippen LogP contribution in [0.3, 0.4) is 0 Å². The standard InChI is InChI=1S/C52H84O22/c1-47(2)14-15-52(46(66)74-45-39(64)35(60)34(59)27(71-45)21-69-42-40(65)36(61)41(26(18-53)70-42)73-44-38(63)33(58)25(55)20-68-44)23(16-47)22-8-9-29-49(5)12-11-31(72-43-37(62)32(57)24(54)19-67-43)48(3,4)28(49)10-13-50(29,6)51(22,7)17-30(52)56/h8,23-45,53-65H,9-21H2,1-7H3. The van der Waals surface area contributed by atoms with E-state index in [-0.39, 0.29) is 59.0 Å². The molecule has 0 spiro atoms.